The summed E-state index contributed by atoms with van der Waals surface area (Å²) in [5.41, 5.74) is 1.89. The van der Waals surface area contributed by atoms with Gasteiger partial charge in [0.15, 0.2) is 0 Å². The average molecular weight is 194 g/mol. The Morgan fingerprint density at radius 3 is 2.20 bits per heavy atom. The number of benzene rings is 2. The lowest BCUT2D eigenvalue weighted by molar-refractivity contribution is 0.306. The molecule has 2 heteroatoms. The lowest BCUT2D eigenvalue weighted by Gasteiger charge is -2.05. The van der Waals surface area contributed by atoms with Gasteiger partial charge < -0.3 is 4.74 Å². The van der Waals surface area contributed by atoms with E-state index in [2.05, 4.69) is 0 Å². The molecule has 0 atom stereocenters. The first-order valence-electron chi connectivity index (χ1n) is 4.87. The molecule has 0 saturated heterocycles. The van der Waals surface area contributed by atoms with Crippen molar-refractivity contribution in [1.29, 1.82) is 0 Å². The van der Waals surface area contributed by atoms with Crippen molar-refractivity contribution in [3.8, 4) is 5.75 Å². The minimum atomic E-state index is 0.574. The highest BCUT2D eigenvalue weighted by molar-refractivity contribution is 6.32. The third kappa shape index (κ3) is 2.88. The molecule has 0 N–H and O–H groups in total. The van der Waals surface area contributed by atoms with E-state index in [4.69, 9.17) is 12.6 Å². The van der Waals surface area contributed by atoms with Crippen LogP contribution in [0, 0.1) is 0 Å². The Labute approximate surface area is 91.1 Å². The fourth-order valence-corrected chi connectivity index (χ4v) is 1.30. The van der Waals surface area contributed by atoms with Crippen LogP contribution in [0.25, 0.3) is 0 Å². The quantitative estimate of drug-likeness (QED) is 0.679. The van der Waals surface area contributed by atoms with E-state index in [0.29, 0.717) is 6.61 Å². The van der Waals surface area contributed by atoms with Crippen molar-refractivity contribution in [3.05, 3.63) is 60.2 Å². The maximum absolute atomic E-state index is 5.59. The standard InChI is InChI=1S/C13H11BO/c14-12-8-6-11(7-9-12)10-15-13-4-2-1-3-5-13/h1-9H,10H2. The molecule has 0 bridgehead atoms. The van der Waals surface area contributed by atoms with Gasteiger partial charge in [-0.05, 0) is 17.7 Å². The van der Waals surface area contributed by atoms with Crippen LogP contribution in [0.3, 0.4) is 0 Å². The van der Waals surface area contributed by atoms with Gasteiger partial charge in [-0.2, -0.15) is 0 Å². The smallest absolute Gasteiger partial charge is 0.119 e. The largest absolute Gasteiger partial charge is 0.489 e. The molecule has 2 aromatic carbocycles. The van der Waals surface area contributed by atoms with E-state index in [-0.39, 0.29) is 0 Å². The summed E-state index contributed by atoms with van der Waals surface area (Å²) in [5, 5.41) is 0. The molecule has 0 saturated carbocycles. The molecule has 0 heterocycles. The van der Waals surface area contributed by atoms with Crippen LogP contribution in [0.1, 0.15) is 5.56 Å². The van der Waals surface area contributed by atoms with Gasteiger partial charge in [0.2, 0.25) is 0 Å². The normalized spacial score (nSPS) is 9.87. The highest BCUT2D eigenvalue weighted by Crippen LogP contribution is 2.10. The Morgan fingerprint density at radius 2 is 1.53 bits per heavy atom. The number of hydrogen-bond donors (Lipinski definition) is 0. The number of para-hydroxylation sites is 1. The van der Waals surface area contributed by atoms with Gasteiger partial charge in [0, 0.05) is 0 Å². The molecule has 72 valence electrons. The van der Waals surface area contributed by atoms with Crippen LogP contribution < -0.4 is 10.2 Å². The summed E-state index contributed by atoms with van der Waals surface area (Å²) in [6, 6.07) is 17.5. The first-order chi connectivity index (χ1) is 7.34. The van der Waals surface area contributed by atoms with E-state index in [1.54, 1.807) is 0 Å². The van der Waals surface area contributed by atoms with Gasteiger partial charge in [0.1, 0.15) is 20.2 Å². The lowest BCUT2D eigenvalue weighted by atomic mass is 9.95. The monoisotopic (exact) mass is 194 g/mol. The van der Waals surface area contributed by atoms with Gasteiger partial charge in [-0.15, -0.1) is 0 Å². The Kier molecular flexibility index (Phi) is 3.08. The molecule has 0 aliphatic rings. The number of rotatable bonds is 3. The molecule has 2 rings (SSSR count). The Bertz CT molecular complexity index is 408. The van der Waals surface area contributed by atoms with Crippen LogP contribution in [0.15, 0.2) is 54.6 Å². The molecule has 0 fully saturated rings. The molecule has 0 aromatic heterocycles. The minimum Gasteiger partial charge on any atom is -0.489 e. The van der Waals surface area contributed by atoms with E-state index < -0.39 is 0 Å². The fraction of sp³-hybridized carbons (Fsp3) is 0.0769. The van der Waals surface area contributed by atoms with Gasteiger partial charge in [-0.3, -0.25) is 0 Å². The van der Waals surface area contributed by atoms with E-state index >= 15 is 0 Å². The first-order valence-corrected chi connectivity index (χ1v) is 4.87. The van der Waals surface area contributed by atoms with Crippen molar-refractivity contribution in [2.75, 3.05) is 0 Å². The molecule has 2 aromatic rings. The summed E-state index contributed by atoms with van der Waals surface area (Å²) in [6.45, 7) is 0.574. The highest BCUT2D eigenvalue weighted by atomic mass is 16.5. The zero-order valence-electron chi connectivity index (χ0n) is 8.39. The van der Waals surface area contributed by atoms with Crippen molar-refractivity contribution in [3.63, 3.8) is 0 Å². The van der Waals surface area contributed by atoms with Crippen molar-refractivity contribution in [2.24, 2.45) is 0 Å². The number of ether oxygens (including phenoxy) is 1. The van der Waals surface area contributed by atoms with Crippen LogP contribution in [0.5, 0.6) is 5.75 Å². The second-order valence-electron chi connectivity index (χ2n) is 3.34. The van der Waals surface area contributed by atoms with Crippen LogP contribution in [0.2, 0.25) is 0 Å². The van der Waals surface area contributed by atoms with Gasteiger partial charge in [-0.1, -0.05) is 47.9 Å². The third-order valence-electron chi connectivity index (χ3n) is 2.13. The van der Waals surface area contributed by atoms with Crippen molar-refractivity contribution >= 4 is 13.3 Å². The zero-order valence-corrected chi connectivity index (χ0v) is 8.39. The van der Waals surface area contributed by atoms with Gasteiger partial charge in [0.25, 0.3) is 0 Å². The summed E-state index contributed by atoms with van der Waals surface area (Å²) in [7, 11) is 5.59. The van der Waals surface area contributed by atoms with Gasteiger partial charge in [-0.25, -0.2) is 0 Å². The Balaban J connectivity index is 1.96. The SMILES string of the molecule is [B]c1ccc(COc2ccccc2)cc1. The summed E-state index contributed by atoms with van der Waals surface area (Å²) in [4.78, 5) is 0. The molecule has 2 radical (unpaired) electrons. The van der Waals surface area contributed by atoms with E-state index in [1.165, 1.54) is 0 Å². The Morgan fingerprint density at radius 1 is 0.867 bits per heavy atom. The van der Waals surface area contributed by atoms with Gasteiger partial charge in [0.05, 0.1) is 0 Å². The van der Waals surface area contributed by atoms with Gasteiger partial charge >= 0.3 is 0 Å². The predicted octanol–water partition coefficient (Wildman–Crippen LogP) is 2.06. The summed E-state index contributed by atoms with van der Waals surface area (Å²) >= 11 is 0. The second-order valence-corrected chi connectivity index (χ2v) is 3.34. The number of hydrogen-bond acceptors (Lipinski definition) is 1. The topological polar surface area (TPSA) is 9.23 Å². The van der Waals surface area contributed by atoms with Crippen molar-refractivity contribution in [2.45, 2.75) is 6.61 Å². The minimum absolute atomic E-state index is 0.574. The average Bonchev–Trinajstić information content (AvgIpc) is 2.30. The third-order valence-corrected chi connectivity index (χ3v) is 2.13. The van der Waals surface area contributed by atoms with E-state index in [1.807, 2.05) is 54.6 Å². The second kappa shape index (κ2) is 4.69. The first kappa shape index (κ1) is 9.84. The maximum atomic E-state index is 5.59. The molecule has 1 nitrogen and oxygen atoms in total. The van der Waals surface area contributed by atoms with Crippen LogP contribution in [-0.4, -0.2) is 7.85 Å². The molecule has 0 aliphatic heterocycles. The molecule has 15 heavy (non-hydrogen) atoms. The predicted molar refractivity (Wildman–Crippen MR) is 62.6 cm³/mol. The molecule has 0 aliphatic carbocycles. The van der Waals surface area contributed by atoms with E-state index in [9.17, 15) is 0 Å². The van der Waals surface area contributed by atoms with Crippen molar-refractivity contribution < 1.29 is 4.74 Å². The lowest BCUT2D eigenvalue weighted by Crippen LogP contribution is -2.02. The fourth-order valence-electron chi connectivity index (χ4n) is 1.30. The summed E-state index contributed by atoms with van der Waals surface area (Å²) in [6.07, 6.45) is 0. The molecule has 0 unspecified atom stereocenters. The van der Waals surface area contributed by atoms with Crippen LogP contribution in [-0.2, 0) is 6.61 Å². The molecule has 0 amide bonds. The zero-order chi connectivity index (χ0) is 10.5. The highest BCUT2D eigenvalue weighted by Gasteiger charge is 1.94. The summed E-state index contributed by atoms with van der Waals surface area (Å²) < 4.78 is 5.59. The van der Waals surface area contributed by atoms with Crippen molar-refractivity contribution in [1.82, 2.24) is 0 Å². The maximum Gasteiger partial charge on any atom is 0.119 e. The molecular weight excluding hydrogens is 183 g/mol. The van der Waals surface area contributed by atoms with Crippen LogP contribution >= 0.6 is 0 Å². The van der Waals surface area contributed by atoms with E-state index in [0.717, 1.165) is 16.8 Å². The van der Waals surface area contributed by atoms with Crippen LogP contribution in [0.4, 0.5) is 0 Å². The summed E-state index contributed by atoms with van der Waals surface area (Å²) in [5.74, 6) is 0.884. The molecule has 0 spiro atoms. The Hall–Kier alpha value is -1.70. The molecular formula is C13H11BO.